The predicted octanol–water partition coefficient (Wildman–Crippen LogP) is 3.49. The quantitative estimate of drug-likeness (QED) is 0.844. The number of hydrogen-bond donors (Lipinski definition) is 0. The van der Waals surface area contributed by atoms with Gasteiger partial charge in [0.1, 0.15) is 0 Å². The fraction of sp³-hybridized carbons (Fsp3) is 0.467. The second-order valence-electron chi connectivity index (χ2n) is 3.28. The molecule has 0 spiro atoms. The van der Waals surface area contributed by atoms with Crippen LogP contribution in [0.3, 0.4) is 0 Å². The fourth-order valence-electron chi connectivity index (χ4n) is 1.38. The molecule has 4 heteroatoms. The molecule has 0 aliphatic carbocycles. The zero-order valence-corrected chi connectivity index (χ0v) is 12.4. The van der Waals surface area contributed by atoms with Crippen LogP contribution < -0.4 is 0 Å². The average molecular weight is 260 g/mol. The molecule has 0 saturated carbocycles. The molecule has 2 heterocycles. The predicted molar refractivity (Wildman–Crippen MR) is 78.8 cm³/mol. The Labute approximate surface area is 116 Å². The standard InChI is InChI=1S/C11H12N4.2C2H6/c1(4-10-6-2-8-12-14-10)5-11-7-3-9-13-15-11;2*1-2/h2-3,6-9H,1,4-5H2;2*1-2H3. The Kier molecular flexibility index (Phi) is 11.4. The van der Waals surface area contributed by atoms with Gasteiger partial charge in [0.2, 0.25) is 0 Å². The molecule has 2 aromatic heterocycles. The molecule has 0 bridgehead atoms. The molecular weight excluding hydrogens is 236 g/mol. The van der Waals surface area contributed by atoms with Gasteiger partial charge in [0.15, 0.2) is 0 Å². The van der Waals surface area contributed by atoms with E-state index in [-0.39, 0.29) is 0 Å². The van der Waals surface area contributed by atoms with E-state index < -0.39 is 0 Å². The van der Waals surface area contributed by atoms with Crippen LogP contribution in [0.25, 0.3) is 0 Å². The molecule has 0 aliphatic rings. The third-order valence-electron chi connectivity index (χ3n) is 2.12. The highest BCUT2D eigenvalue weighted by Gasteiger charge is 1.97. The summed E-state index contributed by atoms with van der Waals surface area (Å²) < 4.78 is 0. The van der Waals surface area contributed by atoms with Crippen LogP contribution in [0.1, 0.15) is 45.5 Å². The van der Waals surface area contributed by atoms with Crippen LogP contribution in [0.5, 0.6) is 0 Å². The molecule has 0 fully saturated rings. The van der Waals surface area contributed by atoms with Crippen molar-refractivity contribution in [1.29, 1.82) is 0 Å². The minimum atomic E-state index is 0.935. The van der Waals surface area contributed by atoms with Crippen molar-refractivity contribution in [2.75, 3.05) is 0 Å². The van der Waals surface area contributed by atoms with Gasteiger partial charge >= 0.3 is 0 Å². The SMILES string of the molecule is CC.CC.c1cnnc(CCCc2cccnn2)c1. The van der Waals surface area contributed by atoms with Crippen molar-refractivity contribution in [2.24, 2.45) is 0 Å². The van der Waals surface area contributed by atoms with E-state index in [1.54, 1.807) is 12.4 Å². The highest BCUT2D eigenvalue weighted by molar-refractivity contribution is 5.02. The van der Waals surface area contributed by atoms with Crippen LogP contribution in [0, 0.1) is 0 Å². The Hall–Kier alpha value is -1.84. The van der Waals surface area contributed by atoms with E-state index in [0.29, 0.717) is 0 Å². The van der Waals surface area contributed by atoms with Crippen molar-refractivity contribution in [1.82, 2.24) is 20.4 Å². The first-order valence-electron chi connectivity index (χ1n) is 6.98. The van der Waals surface area contributed by atoms with Gasteiger partial charge in [-0.2, -0.15) is 20.4 Å². The normalized spacial score (nSPS) is 8.63. The summed E-state index contributed by atoms with van der Waals surface area (Å²) in [6.45, 7) is 8.00. The van der Waals surface area contributed by atoms with Gasteiger partial charge < -0.3 is 0 Å². The van der Waals surface area contributed by atoms with E-state index in [2.05, 4.69) is 20.4 Å². The maximum atomic E-state index is 4.02. The summed E-state index contributed by atoms with van der Waals surface area (Å²) in [4.78, 5) is 0. The molecule has 0 N–H and O–H groups in total. The summed E-state index contributed by atoms with van der Waals surface area (Å²) in [7, 11) is 0. The van der Waals surface area contributed by atoms with Crippen molar-refractivity contribution in [3.05, 3.63) is 48.0 Å². The van der Waals surface area contributed by atoms with Crippen LogP contribution in [0.15, 0.2) is 36.7 Å². The van der Waals surface area contributed by atoms with E-state index in [1.807, 2.05) is 52.0 Å². The monoisotopic (exact) mass is 260 g/mol. The highest BCUT2D eigenvalue weighted by atomic mass is 15.1. The van der Waals surface area contributed by atoms with Crippen molar-refractivity contribution in [3.63, 3.8) is 0 Å². The Morgan fingerprint density at radius 2 is 1.16 bits per heavy atom. The zero-order chi connectivity index (χ0) is 14.3. The lowest BCUT2D eigenvalue weighted by Gasteiger charge is -1.98. The summed E-state index contributed by atoms with van der Waals surface area (Å²) in [5, 5.41) is 15.7. The summed E-state index contributed by atoms with van der Waals surface area (Å²) in [5.74, 6) is 0. The number of nitrogens with zero attached hydrogens (tertiary/aromatic N) is 4. The topological polar surface area (TPSA) is 51.6 Å². The van der Waals surface area contributed by atoms with Gasteiger partial charge in [-0.25, -0.2) is 0 Å². The van der Waals surface area contributed by atoms with E-state index >= 15 is 0 Å². The first kappa shape index (κ1) is 17.2. The Balaban J connectivity index is 0.000000741. The van der Waals surface area contributed by atoms with Crippen molar-refractivity contribution < 1.29 is 0 Å². The Morgan fingerprint density at radius 3 is 1.47 bits per heavy atom. The molecule has 2 rings (SSSR count). The molecule has 4 nitrogen and oxygen atoms in total. The lowest BCUT2D eigenvalue weighted by molar-refractivity contribution is 0.750. The van der Waals surface area contributed by atoms with Crippen molar-refractivity contribution in [3.8, 4) is 0 Å². The number of rotatable bonds is 4. The van der Waals surface area contributed by atoms with E-state index in [9.17, 15) is 0 Å². The molecular formula is C15H24N4. The molecule has 0 aliphatic heterocycles. The summed E-state index contributed by atoms with van der Waals surface area (Å²) >= 11 is 0. The van der Waals surface area contributed by atoms with Crippen molar-refractivity contribution in [2.45, 2.75) is 47.0 Å². The highest BCUT2D eigenvalue weighted by Crippen LogP contribution is 2.02. The molecule has 104 valence electrons. The molecule has 0 atom stereocenters. The van der Waals surface area contributed by atoms with Gasteiger partial charge in [0.25, 0.3) is 0 Å². The largest absolute Gasteiger partial charge is 0.159 e. The van der Waals surface area contributed by atoms with Crippen LogP contribution in [0.2, 0.25) is 0 Å². The minimum Gasteiger partial charge on any atom is -0.159 e. The van der Waals surface area contributed by atoms with Gasteiger partial charge in [0, 0.05) is 12.4 Å². The molecule has 0 radical (unpaired) electrons. The van der Waals surface area contributed by atoms with Crippen molar-refractivity contribution >= 4 is 0 Å². The third kappa shape index (κ3) is 7.97. The second-order valence-corrected chi connectivity index (χ2v) is 3.28. The summed E-state index contributed by atoms with van der Waals surface area (Å²) in [6.07, 6.45) is 6.27. The Morgan fingerprint density at radius 1 is 0.737 bits per heavy atom. The molecule has 2 aromatic rings. The van der Waals surface area contributed by atoms with Gasteiger partial charge in [-0.3, -0.25) is 0 Å². The lowest BCUT2D eigenvalue weighted by Crippen LogP contribution is -1.96. The third-order valence-corrected chi connectivity index (χ3v) is 2.12. The van der Waals surface area contributed by atoms with E-state index in [1.165, 1.54) is 0 Å². The van der Waals surface area contributed by atoms with Gasteiger partial charge in [-0.15, -0.1) is 0 Å². The number of aryl methyl sites for hydroxylation is 2. The van der Waals surface area contributed by atoms with Crippen LogP contribution in [-0.4, -0.2) is 20.4 Å². The van der Waals surface area contributed by atoms with Crippen LogP contribution >= 0.6 is 0 Å². The lowest BCUT2D eigenvalue weighted by atomic mass is 10.1. The first-order chi connectivity index (χ1) is 9.45. The van der Waals surface area contributed by atoms with Crippen LogP contribution in [-0.2, 0) is 12.8 Å². The molecule has 0 aromatic carbocycles. The summed E-state index contributed by atoms with van der Waals surface area (Å²) in [6, 6.07) is 7.79. The maximum absolute atomic E-state index is 4.02. The molecule has 0 saturated heterocycles. The van der Waals surface area contributed by atoms with Gasteiger partial charge in [0.05, 0.1) is 11.4 Å². The van der Waals surface area contributed by atoms with Gasteiger partial charge in [-0.1, -0.05) is 27.7 Å². The number of aromatic nitrogens is 4. The first-order valence-corrected chi connectivity index (χ1v) is 6.98. The smallest absolute Gasteiger partial charge is 0.0631 e. The zero-order valence-electron chi connectivity index (χ0n) is 12.4. The number of hydrogen-bond acceptors (Lipinski definition) is 4. The van der Waals surface area contributed by atoms with E-state index in [0.717, 1.165) is 30.7 Å². The second kappa shape index (κ2) is 12.6. The van der Waals surface area contributed by atoms with E-state index in [4.69, 9.17) is 0 Å². The molecule has 0 amide bonds. The van der Waals surface area contributed by atoms with Crippen LogP contribution in [0.4, 0.5) is 0 Å². The Bertz CT molecular complexity index is 350. The fourth-order valence-corrected chi connectivity index (χ4v) is 1.38. The minimum absolute atomic E-state index is 0.935. The maximum Gasteiger partial charge on any atom is 0.0631 e. The molecule has 0 unspecified atom stereocenters. The molecule has 19 heavy (non-hydrogen) atoms. The van der Waals surface area contributed by atoms with Gasteiger partial charge in [-0.05, 0) is 43.5 Å². The average Bonchev–Trinajstić information content (AvgIpc) is 2.53. The summed E-state index contributed by atoms with van der Waals surface area (Å²) in [5.41, 5.74) is 2.06.